The first-order chi connectivity index (χ1) is 10.9. The van der Waals surface area contributed by atoms with Crippen LogP contribution in [0.3, 0.4) is 0 Å². The van der Waals surface area contributed by atoms with Crippen LogP contribution in [0.25, 0.3) is 0 Å². The monoisotopic (exact) mass is 318 g/mol. The zero-order valence-corrected chi connectivity index (χ0v) is 13.5. The second-order valence-corrected chi connectivity index (χ2v) is 6.27. The minimum atomic E-state index is -0.834. The molecule has 2 aliphatic rings. The summed E-state index contributed by atoms with van der Waals surface area (Å²) in [5.41, 5.74) is 0. The number of hydrogen-bond acceptors (Lipinski definition) is 4. The van der Waals surface area contributed by atoms with Gasteiger partial charge in [-0.2, -0.15) is 0 Å². The number of imide groups is 2. The molecule has 0 N–H and O–H groups in total. The van der Waals surface area contributed by atoms with E-state index in [0.29, 0.717) is 12.3 Å². The summed E-state index contributed by atoms with van der Waals surface area (Å²) in [5, 5.41) is 0. The van der Waals surface area contributed by atoms with Crippen LogP contribution < -0.4 is 0 Å². The van der Waals surface area contributed by atoms with Crippen molar-refractivity contribution in [2.45, 2.75) is 52.1 Å². The smallest absolute Gasteiger partial charge is 0.255 e. The molecule has 0 bridgehead atoms. The van der Waals surface area contributed by atoms with Crippen LogP contribution in [0.5, 0.6) is 0 Å². The molecular formula is C17H22N2O4. The van der Waals surface area contributed by atoms with E-state index in [9.17, 15) is 19.2 Å². The van der Waals surface area contributed by atoms with Crippen LogP contribution in [0.1, 0.15) is 46.0 Å². The minimum absolute atomic E-state index is 0.413. The normalized spacial score (nSPS) is 17.7. The van der Waals surface area contributed by atoms with Gasteiger partial charge in [0.2, 0.25) is 0 Å². The average molecular weight is 318 g/mol. The number of carbonyl (C=O) groups is 4. The third-order valence-electron chi connectivity index (χ3n) is 4.03. The van der Waals surface area contributed by atoms with Gasteiger partial charge in [0.15, 0.2) is 0 Å². The lowest BCUT2D eigenvalue weighted by molar-refractivity contribution is -0.152. The molecule has 0 aromatic rings. The molecule has 6 nitrogen and oxygen atoms in total. The first-order valence-electron chi connectivity index (χ1n) is 8.02. The number of carbonyl (C=O) groups excluding carboxylic acids is 4. The maximum atomic E-state index is 11.9. The minimum Gasteiger partial charge on any atom is -0.269 e. The number of unbranched alkanes of at least 4 members (excludes halogenated alkanes) is 2. The van der Waals surface area contributed by atoms with Crippen LogP contribution in [-0.2, 0) is 19.2 Å². The first kappa shape index (κ1) is 17.1. The van der Waals surface area contributed by atoms with Gasteiger partial charge in [0.1, 0.15) is 6.17 Å². The van der Waals surface area contributed by atoms with Crippen LogP contribution in [0, 0.1) is 5.92 Å². The lowest BCUT2D eigenvalue weighted by Crippen LogP contribution is -2.53. The van der Waals surface area contributed by atoms with E-state index in [-0.39, 0.29) is 0 Å². The van der Waals surface area contributed by atoms with Gasteiger partial charge in [-0.05, 0) is 18.8 Å². The SMILES string of the molecule is CC(C)CCCCCC(N1C(=O)C=CC1=O)N1C(=O)C=CC1=O. The van der Waals surface area contributed by atoms with Crippen molar-refractivity contribution in [1.82, 2.24) is 9.80 Å². The van der Waals surface area contributed by atoms with Gasteiger partial charge in [0.25, 0.3) is 23.6 Å². The molecule has 6 heteroatoms. The van der Waals surface area contributed by atoms with Gasteiger partial charge in [0.05, 0.1) is 0 Å². The van der Waals surface area contributed by atoms with E-state index < -0.39 is 29.8 Å². The highest BCUT2D eigenvalue weighted by atomic mass is 16.2. The Morgan fingerprint density at radius 1 is 0.696 bits per heavy atom. The topological polar surface area (TPSA) is 74.8 Å². The van der Waals surface area contributed by atoms with Crippen LogP contribution in [0.2, 0.25) is 0 Å². The van der Waals surface area contributed by atoms with E-state index in [1.165, 1.54) is 24.3 Å². The van der Waals surface area contributed by atoms with Crippen molar-refractivity contribution < 1.29 is 19.2 Å². The Morgan fingerprint density at radius 3 is 1.48 bits per heavy atom. The van der Waals surface area contributed by atoms with Crippen molar-refractivity contribution in [3.05, 3.63) is 24.3 Å². The first-order valence-corrected chi connectivity index (χ1v) is 8.02. The van der Waals surface area contributed by atoms with Gasteiger partial charge < -0.3 is 0 Å². The molecule has 0 radical (unpaired) electrons. The Kier molecular flexibility index (Phi) is 5.47. The van der Waals surface area contributed by atoms with Gasteiger partial charge in [-0.3, -0.25) is 29.0 Å². The lowest BCUT2D eigenvalue weighted by Gasteiger charge is -2.32. The number of nitrogens with zero attached hydrogens (tertiary/aromatic N) is 2. The van der Waals surface area contributed by atoms with Crippen LogP contribution >= 0.6 is 0 Å². The summed E-state index contributed by atoms with van der Waals surface area (Å²) in [6.45, 7) is 4.31. The van der Waals surface area contributed by atoms with Crippen LogP contribution in [0.4, 0.5) is 0 Å². The van der Waals surface area contributed by atoms with E-state index in [0.717, 1.165) is 35.5 Å². The molecule has 0 unspecified atom stereocenters. The fourth-order valence-electron chi connectivity index (χ4n) is 2.84. The summed E-state index contributed by atoms with van der Waals surface area (Å²) in [4.78, 5) is 49.7. The van der Waals surface area contributed by atoms with Crippen molar-refractivity contribution in [3.63, 3.8) is 0 Å². The molecule has 2 heterocycles. The summed E-state index contributed by atoms with van der Waals surface area (Å²) in [6, 6.07) is 0. The zero-order chi connectivity index (χ0) is 17.0. The highest BCUT2D eigenvalue weighted by Gasteiger charge is 2.40. The van der Waals surface area contributed by atoms with E-state index in [1.807, 2.05) is 0 Å². The van der Waals surface area contributed by atoms with Crippen LogP contribution in [-0.4, -0.2) is 39.6 Å². The van der Waals surface area contributed by atoms with E-state index in [2.05, 4.69) is 13.8 Å². The molecule has 0 saturated heterocycles. The van der Waals surface area contributed by atoms with Gasteiger partial charge in [-0.15, -0.1) is 0 Å². The molecule has 0 atom stereocenters. The summed E-state index contributed by atoms with van der Waals surface area (Å²) in [5.74, 6) is -1.28. The molecule has 0 aromatic carbocycles. The molecule has 0 saturated carbocycles. The molecule has 124 valence electrons. The van der Waals surface area contributed by atoms with Crippen molar-refractivity contribution >= 4 is 23.6 Å². The molecule has 0 spiro atoms. The summed E-state index contributed by atoms with van der Waals surface area (Å²) < 4.78 is 0. The highest BCUT2D eigenvalue weighted by molar-refractivity contribution is 6.16. The van der Waals surface area contributed by atoms with Gasteiger partial charge in [0, 0.05) is 24.3 Å². The molecule has 2 rings (SSSR count). The Labute approximate surface area is 135 Å². The van der Waals surface area contributed by atoms with Gasteiger partial charge in [-0.1, -0.05) is 33.1 Å². The molecule has 0 fully saturated rings. The average Bonchev–Trinajstić information content (AvgIpc) is 2.98. The molecule has 2 aliphatic heterocycles. The van der Waals surface area contributed by atoms with Crippen LogP contribution in [0.15, 0.2) is 24.3 Å². The molecule has 0 aromatic heterocycles. The van der Waals surface area contributed by atoms with E-state index in [4.69, 9.17) is 0 Å². The molecule has 4 amide bonds. The molecule has 23 heavy (non-hydrogen) atoms. The number of rotatable bonds is 8. The Balaban J connectivity index is 2.04. The second-order valence-electron chi connectivity index (χ2n) is 6.27. The zero-order valence-electron chi connectivity index (χ0n) is 13.5. The van der Waals surface area contributed by atoms with Gasteiger partial charge >= 0.3 is 0 Å². The van der Waals surface area contributed by atoms with Crippen molar-refractivity contribution in [3.8, 4) is 0 Å². The Bertz CT molecular complexity index is 499. The largest absolute Gasteiger partial charge is 0.269 e. The summed E-state index contributed by atoms with van der Waals surface area (Å²) >= 11 is 0. The fraction of sp³-hybridized carbons (Fsp3) is 0.529. The van der Waals surface area contributed by atoms with Crippen molar-refractivity contribution in [2.24, 2.45) is 5.92 Å². The predicted octanol–water partition coefficient (Wildman–Crippen LogP) is 1.77. The van der Waals surface area contributed by atoms with Gasteiger partial charge in [-0.25, -0.2) is 0 Å². The lowest BCUT2D eigenvalue weighted by atomic mass is 10.0. The second kappa shape index (κ2) is 7.35. The maximum Gasteiger partial charge on any atom is 0.255 e. The predicted molar refractivity (Wildman–Crippen MR) is 83.7 cm³/mol. The Morgan fingerprint density at radius 2 is 1.09 bits per heavy atom. The van der Waals surface area contributed by atoms with Crippen molar-refractivity contribution in [1.29, 1.82) is 0 Å². The fourth-order valence-corrected chi connectivity index (χ4v) is 2.84. The van der Waals surface area contributed by atoms with E-state index >= 15 is 0 Å². The third kappa shape index (κ3) is 3.94. The highest BCUT2D eigenvalue weighted by Crippen LogP contribution is 2.22. The molecule has 0 aliphatic carbocycles. The summed E-state index contributed by atoms with van der Waals surface area (Å²) in [6.07, 6.45) is 8.10. The number of hydrogen-bond donors (Lipinski definition) is 0. The third-order valence-corrected chi connectivity index (χ3v) is 4.03. The molecular weight excluding hydrogens is 296 g/mol. The maximum absolute atomic E-state index is 11.9. The Hall–Kier alpha value is -2.24. The summed E-state index contributed by atoms with van der Waals surface area (Å²) in [7, 11) is 0. The number of amides is 4. The standard InChI is InChI=1S/C17H22N2O4/c1-12(2)6-4-3-5-7-13(18-14(20)8-9-15(18)21)19-16(22)10-11-17(19)23/h8-13H,3-7H2,1-2H3. The quantitative estimate of drug-likeness (QED) is 0.505. The van der Waals surface area contributed by atoms with Crippen molar-refractivity contribution in [2.75, 3.05) is 0 Å². The van der Waals surface area contributed by atoms with E-state index in [1.54, 1.807) is 0 Å².